The van der Waals surface area contributed by atoms with Crippen LogP contribution in [0.1, 0.15) is 32.1 Å². The maximum absolute atomic E-state index is 11.3. The average Bonchev–Trinajstić information content (AvgIpc) is 2.63. The predicted octanol–water partition coefficient (Wildman–Crippen LogP) is -2.08. The summed E-state index contributed by atoms with van der Waals surface area (Å²) in [4.78, 5) is 46.6. The first-order valence-corrected chi connectivity index (χ1v) is 10.6. The number of nitrogens with two attached hydrogens (primary N) is 2. The van der Waals surface area contributed by atoms with Crippen LogP contribution in [0.3, 0.4) is 0 Å². The van der Waals surface area contributed by atoms with Crippen molar-refractivity contribution in [3.63, 3.8) is 0 Å². The van der Waals surface area contributed by atoms with Gasteiger partial charge in [-0.2, -0.15) is 0 Å². The Kier molecular flexibility index (Phi) is 15.2. The molecule has 0 radical (unpaired) electrons. The molecule has 0 atom stereocenters. The highest BCUT2D eigenvalue weighted by Crippen LogP contribution is 2.10. The molecule has 0 saturated heterocycles. The Morgan fingerprint density at radius 2 is 1.23 bits per heavy atom. The highest BCUT2D eigenvalue weighted by atomic mass is 16.4. The van der Waals surface area contributed by atoms with Crippen LogP contribution in [0.25, 0.3) is 0 Å². The Labute approximate surface area is 182 Å². The van der Waals surface area contributed by atoms with E-state index in [1.54, 1.807) is 5.32 Å². The topological polar surface area (TPSA) is 195 Å². The van der Waals surface area contributed by atoms with E-state index >= 15 is 0 Å². The summed E-state index contributed by atoms with van der Waals surface area (Å²) in [7, 11) is 0. The maximum atomic E-state index is 11.3. The Morgan fingerprint density at radius 1 is 0.710 bits per heavy atom. The fourth-order valence-electron chi connectivity index (χ4n) is 3.46. The van der Waals surface area contributed by atoms with E-state index in [9.17, 15) is 34.5 Å². The normalized spacial score (nSPS) is 11.5. The molecule has 0 spiro atoms. The largest absolute Gasteiger partial charge is 0.477 e. The number of carboxylic acid groups (broad SMARTS) is 4. The molecule has 0 heterocycles. The minimum absolute atomic E-state index is 0.0526. The standard InChI is InChI=1S/C19H36N4O8/c20-6-4-2-1-3-5-8-22(9-7-21-12-16(24)25)10-11-23(13-17(26)27,14-18(28)29)15-19(30)31/h21H,1-15,20H2,(H3-,24,25,26,27,28,29,30,31)/p+2. The highest BCUT2D eigenvalue weighted by molar-refractivity contribution is 5.73. The van der Waals surface area contributed by atoms with Gasteiger partial charge in [-0.15, -0.1) is 0 Å². The molecule has 0 aromatic heterocycles. The zero-order chi connectivity index (χ0) is 23.7. The van der Waals surface area contributed by atoms with Gasteiger partial charge in [-0.25, -0.2) is 19.2 Å². The summed E-state index contributed by atoms with van der Waals surface area (Å²) in [6.45, 7) is 0.876. The van der Waals surface area contributed by atoms with Crippen molar-refractivity contribution >= 4 is 23.9 Å². The molecule has 0 aliphatic carbocycles. The Bertz CT molecular complexity index is 532. The van der Waals surface area contributed by atoms with Crippen molar-refractivity contribution in [1.82, 2.24) is 4.90 Å². The minimum Gasteiger partial charge on any atom is -0.477 e. The molecule has 0 saturated carbocycles. The molecule has 0 amide bonds. The number of carbonyl (C=O) groups is 4. The summed E-state index contributed by atoms with van der Waals surface area (Å²) in [5.74, 6) is -4.71. The molecule has 12 nitrogen and oxygen atoms in total. The second-order valence-corrected chi connectivity index (χ2v) is 7.79. The van der Waals surface area contributed by atoms with Crippen LogP contribution >= 0.6 is 0 Å². The molecule has 0 bridgehead atoms. The number of rotatable bonds is 21. The lowest BCUT2D eigenvalue weighted by Gasteiger charge is -2.36. The van der Waals surface area contributed by atoms with Crippen LogP contribution in [-0.4, -0.2) is 119 Å². The van der Waals surface area contributed by atoms with E-state index in [0.717, 1.165) is 32.1 Å². The fraction of sp³-hybridized carbons (Fsp3) is 0.789. The number of carboxylic acids is 4. The van der Waals surface area contributed by atoms with Crippen LogP contribution in [0, 0.1) is 0 Å². The third-order valence-electron chi connectivity index (χ3n) is 4.95. The van der Waals surface area contributed by atoms with Crippen molar-refractivity contribution < 1.29 is 49.4 Å². The summed E-state index contributed by atoms with van der Waals surface area (Å²) in [5.41, 5.74) is 5.48. The lowest BCUT2D eigenvalue weighted by Crippen LogP contribution is -2.87. The van der Waals surface area contributed by atoms with Crippen LogP contribution in [0.2, 0.25) is 0 Å². The van der Waals surface area contributed by atoms with Gasteiger partial charge >= 0.3 is 23.9 Å². The van der Waals surface area contributed by atoms with Gasteiger partial charge in [-0.1, -0.05) is 19.3 Å². The quantitative estimate of drug-likeness (QED) is 0.0834. The monoisotopic (exact) mass is 450 g/mol. The molecule has 0 aliphatic rings. The molecule has 0 unspecified atom stereocenters. The Balaban J connectivity index is 5.05. The van der Waals surface area contributed by atoms with Gasteiger partial charge < -0.3 is 31.5 Å². The molecule has 0 aliphatic heterocycles. The van der Waals surface area contributed by atoms with Crippen molar-refractivity contribution in [1.29, 1.82) is 0 Å². The third kappa shape index (κ3) is 16.1. The summed E-state index contributed by atoms with van der Waals surface area (Å²) < 4.78 is -0.591. The number of nitrogens with zero attached hydrogens (tertiary/aromatic N) is 2. The highest BCUT2D eigenvalue weighted by Gasteiger charge is 2.36. The number of hydrogen-bond donors (Lipinski definition) is 6. The van der Waals surface area contributed by atoms with Crippen LogP contribution < -0.4 is 11.1 Å². The van der Waals surface area contributed by atoms with Gasteiger partial charge in [0, 0.05) is 13.1 Å². The van der Waals surface area contributed by atoms with Crippen LogP contribution in [0.15, 0.2) is 0 Å². The molecule has 0 aromatic rings. The predicted molar refractivity (Wildman–Crippen MR) is 111 cm³/mol. The maximum Gasteiger partial charge on any atom is 0.359 e. The number of hydrogen-bond acceptors (Lipinski definition) is 6. The van der Waals surface area contributed by atoms with Gasteiger partial charge in [0.25, 0.3) is 0 Å². The summed E-state index contributed by atoms with van der Waals surface area (Å²) in [6.07, 6.45) is 4.90. The average molecular weight is 451 g/mol. The molecule has 0 aromatic carbocycles. The van der Waals surface area contributed by atoms with E-state index in [1.165, 1.54) is 0 Å². The van der Waals surface area contributed by atoms with Crippen LogP contribution in [0.5, 0.6) is 0 Å². The summed E-state index contributed by atoms with van der Waals surface area (Å²) in [6, 6.07) is 0. The van der Waals surface area contributed by atoms with Crippen molar-refractivity contribution in [2.75, 3.05) is 65.4 Å². The summed E-state index contributed by atoms with van der Waals surface area (Å²) in [5, 5.41) is 38.1. The smallest absolute Gasteiger partial charge is 0.359 e. The van der Waals surface area contributed by atoms with E-state index in [4.69, 9.17) is 10.8 Å². The fourth-order valence-corrected chi connectivity index (χ4v) is 3.46. The zero-order valence-corrected chi connectivity index (χ0v) is 18.1. The van der Waals surface area contributed by atoms with Gasteiger partial charge in [0.1, 0.15) is 0 Å². The first-order chi connectivity index (χ1) is 14.6. The van der Waals surface area contributed by atoms with Gasteiger partial charge in [0.15, 0.2) is 26.2 Å². The van der Waals surface area contributed by atoms with Gasteiger partial charge in [0.2, 0.25) is 0 Å². The number of unbranched alkanes of at least 4 members (excludes halogenated alkanes) is 4. The molecule has 0 fully saturated rings. The number of aliphatic carboxylic acids is 4. The SMILES string of the molecule is NCCCCCCCN(CC[NH2+]CC(=O)O)CC[N+](CC(=O)O)(CC(=O)O)CC(=O)O. The van der Waals surface area contributed by atoms with Crippen molar-refractivity contribution in [2.45, 2.75) is 32.1 Å². The van der Waals surface area contributed by atoms with Gasteiger partial charge in [-0.3, -0.25) is 9.38 Å². The van der Waals surface area contributed by atoms with Crippen molar-refractivity contribution in [3.8, 4) is 0 Å². The van der Waals surface area contributed by atoms with E-state index < -0.39 is 48.0 Å². The van der Waals surface area contributed by atoms with Crippen molar-refractivity contribution in [3.05, 3.63) is 0 Å². The molecular weight excluding hydrogens is 412 g/mol. The zero-order valence-electron chi connectivity index (χ0n) is 18.1. The van der Waals surface area contributed by atoms with Gasteiger partial charge in [0.05, 0.1) is 13.1 Å². The number of quaternary nitrogens is 2. The first kappa shape index (κ1) is 28.7. The Morgan fingerprint density at radius 3 is 1.71 bits per heavy atom. The molecule has 0 rings (SSSR count). The van der Waals surface area contributed by atoms with E-state index in [-0.39, 0.29) is 13.1 Å². The lowest BCUT2D eigenvalue weighted by atomic mass is 10.1. The molecule has 12 heteroatoms. The molecule has 31 heavy (non-hydrogen) atoms. The third-order valence-corrected chi connectivity index (χ3v) is 4.95. The minimum atomic E-state index is -1.26. The molecule has 8 N–H and O–H groups in total. The van der Waals surface area contributed by atoms with Gasteiger partial charge in [-0.05, 0) is 25.9 Å². The van der Waals surface area contributed by atoms with Crippen LogP contribution in [-0.2, 0) is 19.2 Å². The van der Waals surface area contributed by atoms with E-state index in [1.807, 2.05) is 4.90 Å². The second kappa shape index (κ2) is 16.4. The second-order valence-electron chi connectivity index (χ2n) is 7.79. The summed E-state index contributed by atoms with van der Waals surface area (Å²) >= 11 is 0. The Hall–Kier alpha value is -2.28. The van der Waals surface area contributed by atoms with Crippen LogP contribution in [0.4, 0.5) is 0 Å². The lowest BCUT2D eigenvalue weighted by molar-refractivity contribution is -0.907. The first-order valence-electron chi connectivity index (χ1n) is 10.6. The van der Waals surface area contributed by atoms with E-state index in [0.29, 0.717) is 32.7 Å². The van der Waals surface area contributed by atoms with E-state index in [2.05, 4.69) is 0 Å². The molecule has 180 valence electrons. The van der Waals surface area contributed by atoms with Crippen molar-refractivity contribution in [2.24, 2.45) is 5.73 Å². The molecular formula is C19H38N4O8+2.